The van der Waals surface area contributed by atoms with Crippen molar-refractivity contribution in [3.63, 3.8) is 0 Å². The molecule has 1 aromatic carbocycles. The van der Waals surface area contributed by atoms with Crippen molar-refractivity contribution in [1.82, 2.24) is 4.90 Å². The summed E-state index contributed by atoms with van der Waals surface area (Å²) in [6.07, 6.45) is 2.67. The van der Waals surface area contributed by atoms with Gasteiger partial charge < -0.3 is 9.47 Å². The van der Waals surface area contributed by atoms with E-state index >= 15 is 0 Å². The molecule has 0 saturated carbocycles. The van der Waals surface area contributed by atoms with E-state index in [1.165, 1.54) is 4.90 Å². The van der Waals surface area contributed by atoms with Gasteiger partial charge in [0, 0.05) is 6.54 Å². The van der Waals surface area contributed by atoms with Gasteiger partial charge in [0.1, 0.15) is 0 Å². The molecule has 1 atom stereocenters. The Morgan fingerprint density at radius 3 is 2.32 bits per heavy atom. The first-order valence-corrected chi connectivity index (χ1v) is 7.75. The van der Waals surface area contributed by atoms with Crippen molar-refractivity contribution < 1.29 is 19.1 Å². The van der Waals surface area contributed by atoms with Crippen LogP contribution in [-0.4, -0.2) is 41.8 Å². The Morgan fingerprint density at radius 1 is 1.14 bits per heavy atom. The topological polar surface area (TPSA) is 55.8 Å². The molecule has 2 aliphatic heterocycles. The van der Waals surface area contributed by atoms with Crippen LogP contribution in [0.3, 0.4) is 0 Å². The summed E-state index contributed by atoms with van der Waals surface area (Å²) < 4.78 is 11.3. The van der Waals surface area contributed by atoms with Crippen LogP contribution >= 0.6 is 0 Å². The number of unbranched alkanes of at least 4 members (excludes halogenated alkanes) is 1. The van der Waals surface area contributed by atoms with Crippen molar-refractivity contribution >= 4 is 11.8 Å². The second-order valence-corrected chi connectivity index (χ2v) is 6.25. The van der Waals surface area contributed by atoms with Crippen LogP contribution in [-0.2, 0) is 9.47 Å². The minimum atomic E-state index is -0.493. The zero-order valence-corrected chi connectivity index (χ0v) is 13.0. The molecule has 0 aliphatic carbocycles. The smallest absolute Gasteiger partial charge is 0.261 e. The molecule has 0 unspecified atom stereocenters. The van der Waals surface area contributed by atoms with E-state index in [1.807, 2.05) is 13.8 Å². The molecule has 5 nitrogen and oxygen atoms in total. The molecule has 2 heterocycles. The Kier molecular flexibility index (Phi) is 4.02. The highest BCUT2D eigenvalue weighted by Gasteiger charge is 2.35. The molecule has 2 aliphatic rings. The minimum absolute atomic E-state index is 0.108. The monoisotopic (exact) mass is 303 g/mol. The number of rotatable bonds is 5. The maximum absolute atomic E-state index is 12.2. The number of hydrogen-bond donors (Lipinski definition) is 0. The van der Waals surface area contributed by atoms with Crippen molar-refractivity contribution in [2.45, 2.75) is 45.0 Å². The van der Waals surface area contributed by atoms with Crippen LogP contribution in [0.15, 0.2) is 24.3 Å². The summed E-state index contributed by atoms with van der Waals surface area (Å²) in [4.78, 5) is 25.8. The van der Waals surface area contributed by atoms with Crippen LogP contribution in [0.4, 0.5) is 0 Å². The summed E-state index contributed by atoms with van der Waals surface area (Å²) in [5.74, 6) is -0.850. The predicted octanol–water partition coefficient (Wildman–Crippen LogP) is 2.60. The van der Waals surface area contributed by atoms with Crippen molar-refractivity contribution in [1.29, 1.82) is 0 Å². The van der Waals surface area contributed by atoms with Gasteiger partial charge in [0.2, 0.25) is 0 Å². The van der Waals surface area contributed by atoms with E-state index in [0.29, 0.717) is 24.3 Å². The van der Waals surface area contributed by atoms with Crippen molar-refractivity contribution in [3.8, 4) is 0 Å². The highest BCUT2D eigenvalue weighted by molar-refractivity contribution is 6.21. The number of carbonyl (C=O) groups excluding carboxylic acids is 2. The fraction of sp³-hybridized carbons (Fsp3) is 0.529. The van der Waals surface area contributed by atoms with Crippen molar-refractivity contribution in [3.05, 3.63) is 35.4 Å². The normalized spacial score (nSPS) is 23.2. The largest absolute Gasteiger partial charge is 0.348 e. The van der Waals surface area contributed by atoms with Crippen LogP contribution in [0, 0.1) is 0 Å². The van der Waals surface area contributed by atoms with Crippen LogP contribution in [0.1, 0.15) is 53.8 Å². The molecular weight excluding hydrogens is 282 g/mol. The van der Waals surface area contributed by atoms with E-state index in [9.17, 15) is 9.59 Å². The summed E-state index contributed by atoms with van der Waals surface area (Å²) in [6, 6.07) is 6.99. The number of ether oxygens (including phenoxy) is 2. The van der Waals surface area contributed by atoms with Gasteiger partial charge in [-0.25, -0.2) is 0 Å². The van der Waals surface area contributed by atoms with Crippen molar-refractivity contribution in [2.24, 2.45) is 0 Å². The lowest BCUT2D eigenvalue weighted by Crippen LogP contribution is -2.30. The molecule has 0 radical (unpaired) electrons. The third-order valence-electron chi connectivity index (χ3n) is 4.10. The molecule has 1 aromatic rings. The van der Waals surface area contributed by atoms with Gasteiger partial charge in [-0.15, -0.1) is 0 Å². The van der Waals surface area contributed by atoms with Gasteiger partial charge in [-0.3, -0.25) is 14.5 Å². The molecule has 1 fully saturated rings. The molecule has 0 bridgehead atoms. The third-order valence-corrected chi connectivity index (χ3v) is 4.10. The van der Waals surface area contributed by atoms with Gasteiger partial charge >= 0.3 is 0 Å². The Bertz CT molecular complexity index is 561. The SMILES string of the molecule is CC1(C)OC[C@@H](CCCCN2C(=O)c3ccccc3C2=O)O1. The van der Waals surface area contributed by atoms with Gasteiger partial charge in [0.25, 0.3) is 11.8 Å². The van der Waals surface area contributed by atoms with Crippen LogP contribution in [0.5, 0.6) is 0 Å². The maximum Gasteiger partial charge on any atom is 0.261 e. The quantitative estimate of drug-likeness (QED) is 0.620. The predicted molar refractivity (Wildman–Crippen MR) is 80.6 cm³/mol. The molecule has 2 amide bonds. The molecule has 22 heavy (non-hydrogen) atoms. The Balaban J connectivity index is 1.47. The van der Waals surface area contributed by atoms with Gasteiger partial charge in [0.15, 0.2) is 5.79 Å². The Morgan fingerprint density at radius 2 is 1.77 bits per heavy atom. The summed E-state index contributed by atoms with van der Waals surface area (Å²) in [6.45, 7) is 4.89. The standard InChI is InChI=1S/C17H21NO4/c1-17(2)21-11-12(22-17)7-5-6-10-18-15(19)13-8-3-4-9-14(13)16(18)20/h3-4,8-9,12H,5-7,10-11H2,1-2H3/t12-/m1/s1. The lowest BCUT2D eigenvalue weighted by atomic mass is 10.1. The average Bonchev–Trinajstić information content (AvgIpc) is 2.95. The van der Waals surface area contributed by atoms with Crippen LogP contribution in [0.2, 0.25) is 0 Å². The highest BCUT2D eigenvalue weighted by Crippen LogP contribution is 2.26. The molecule has 1 saturated heterocycles. The number of nitrogens with zero attached hydrogens (tertiary/aromatic N) is 1. The zero-order valence-electron chi connectivity index (χ0n) is 13.0. The summed E-state index contributed by atoms with van der Waals surface area (Å²) in [5.41, 5.74) is 1.03. The third kappa shape index (κ3) is 2.91. The first kappa shape index (κ1) is 15.2. The van der Waals surface area contributed by atoms with Crippen LogP contribution < -0.4 is 0 Å². The van der Waals surface area contributed by atoms with Crippen LogP contribution in [0.25, 0.3) is 0 Å². The fourth-order valence-electron chi connectivity index (χ4n) is 2.99. The number of carbonyl (C=O) groups is 2. The van der Waals surface area contributed by atoms with E-state index in [-0.39, 0.29) is 17.9 Å². The Labute approximate surface area is 130 Å². The average molecular weight is 303 g/mol. The summed E-state index contributed by atoms with van der Waals surface area (Å²) >= 11 is 0. The minimum Gasteiger partial charge on any atom is -0.348 e. The van der Waals surface area contributed by atoms with E-state index in [2.05, 4.69) is 0 Å². The second-order valence-electron chi connectivity index (χ2n) is 6.25. The number of fused-ring (bicyclic) bond motifs is 1. The van der Waals surface area contributed by atoms with E-state index in [4.69, 9.17) is 9.47 Å². The maximum atomic E-state index is 12.2. The number of hydrogen-bond acceptors (Lipinski definition) is 4. The first-order valence-electron chi connectivity index (χ1n) is 7.75. The highest BCUT2D eigenvalue weighted by atomic mass is 16.7. The fourth-order valence-corrected chi connectivity index (χ4v) is 2.99. The number of benzene rings is 1. The number of amides is 2. The lowest BCUT2D eigenvalue weighted by Gasteiger charge is -2.17. The first-order chi connectivity index (χ1) is 10.5. The molecular formula is C17H21NO4. The van der Waals surface area contributed by atoms with Gasteiger partial charge in [0.05, 0.1) is 23.8 Å². The Hall–Kier alpha value is -1.72. The summed E-state index contributed by atoms with van der Waals surface area (Å²) in [7, 11) is 0. The molecule has 0 spiro atoms. The molecule has 0 aromatic heterocycles. The van der Waals surface area contributed by atoms with Gasteiger partial charge in [-0.1, -0.05) is 12.1 Å². The van der Waals surface area contributed by atoms with Gasteiger partial charge in [-0.2, -0.15) is 0 Å². The van der Waals surface area contributed by atoms with E-state index in [1.54, 1.807) is 24.3 Å². The van der Waals surface area contributed by atoms with Crippen molar-refractivity contribution in [2.75, 3.05) is 13.2 Å². The molecule has 3 rings (SSSR count). The molecule has 0 N–H and O–H groups in total. The van der Waals surface area contributed by atoms with Gasteiger partial charge in [-0.05, 0) is 45.2 Å². The summed E-state index contributed by atoms with van der Waals surface area (Å²) in [5, 5.41) is 0. The zero-order chi connectivity index (χ0) is 15.7. The molecule has 5 heteroatoms. The second kappa shape index (κ2) is 5.82. The molecule has 118 valence electrons. The van der Waals surface area contributed by atoms with E-state index in [0.717, 1.165) is 19.3 Å². The van der Waals surface area contributed by atoms with E-state index < -0.39 is 5.79 Å². The lowest BCUT2D eigenvalue weighted by molar-refractivity contribution is -0.139. The number of imide groups is 1.